The van der Waals surface area contributed by atoms with E-state index in [1.54, 1.807) is 0 Å². The van der Waals surface area contributed by atoms with Crippen molar-refractivity contribution in [3.8, 4) is 0 Å². The van der Waals surface area contributed by atoms with Crippen molar-refractivity contribution in [3.63, 3.8) is 0 Å². The summed E-state index contributed by atoms with van der Waals surface area (Å²) in [5, 5.41) is 0. The zero-order valence-corrected chi connectivity index (χ0v) is 13.4. The first kappa shape index (κ1) is 33.7. The van der Waals surface area contributed by atoms with Gasteiger partial charge in [-0.25, -0.2) is 0 Å². The van der Waals surface area contributed by atoms with Gasteiger partial charge in [-0.1, -0.05) is 0 Å². The minimum atomic E-state index is 0. The van der Waals surface area contributed by atoms with Gasteiger partial charge < -0.3 is 0 Å². The molecular weight excluding hydrogens is 419 g/mol. The van der Waals surface area contributed by atoms with Gasteiger partial charge >= 0.3 is 51.1 Å². The Morgan fingerprint density at radius 2 is 1.17 bits per heavy atom. The Kier molecular flexibility index (Phi) is 217. The first-order chi connectivity index (χ1) is 1.00. The van der Waals surface area contributed by atoms with Gasteiger partial charge in [-0.15, -0.1) is 0 Å². The SMILES string of the molecule is [Cu].[Fe].[PH2][Mo].[SbH3].[V]. The summed E-state index contributed by atoms with van der Waals surface area (Å²) in [7, 11) is 2.43. The smallest absolute Gasteiger partial charge is 0 e. The van der Waals surface area contributed by atoms with Crippen LogP contribution < -0.4 is 0 Å². The van der Waals surface area contributed by atoms with Crippen LogP contribution >= 0.6 is 7.33 Å². The predicted molar refractivity (Wildman–Crippen MR) is 19.6 cm³/mol. The molecule has 0 aliphatic heterocycles. The van der Waals surface area contributed by atoms with Crippen molar-refractivity contribution >= 4 is 31.8 Å². The van der Waals surface area contributed by atoms with Crippen molar-refractivity contribution in [3.05, 3.63) is 0 Å². The number of hydrogen-bond acceptors (Lipinski definition) is 0. The molecule has 0 rings (SSSR count). The molecule has 1 unspecified atom stereocenters. The molecule has 0 aliphatic carbocycles. The maximum absolute atomic E-state index is 2.43. The molecule has 0 aromatic rings. The van der Waals surface area contributed by atoms with Gasteiger partial charge in [0, 0.05) is 52.7 Å². The molecule has 0 aromatic heterocycles. The third-order valence-corrected chi connectivity index (χ3v) is 0. The quantitative estimate of drug-likeness (QED) is 0.351. The van der Waals surface area contributed by atoms with E-state index in [0.717, 1.165) is 0 Å². The molecule has 0 nitrogen and oxygen atoms in total. The largest absolute Gasteiger partial charge is 0 e. The molecule has 0 heterocycles. The van der Waals surface area contributed by atoms with E-state index in [9.17, 15) is 0 Å². The fourth-order valence-electron chi connectivity index (χ4n) is 0. The van der Waals surface area contributed by atoms with Crippen LogP contribution in [0.4, 0.5) is 0 Å². The summed E-state index contributed by atoms with van der Waals surface area (Å²) in [5.74, 6) is 0. The van der Waals surface area contributed by atoms with Crippen LogP contribution in [-0.4, -0.2) is 24.4 Å². The summed E-state index contributed by atoms with van der Waals surface area (Å²) in [5.41, 5.74) is 0. The van der Waals surface area contributed by atoms with Gasteiger partial charge in [0.1, 0.15) is 0 Å². The van der Waals surface area contributed by atoms with Crippen molar-refractivity contribution in [2.75, 3.05) is 0 Å². The Morgan fingerprint density at radius 3 is 1.17 bits per heavy atom. The topological polar surface area (TPSA) is 0 Å². The maximum atomic E-state index is 2.43. The molecule has 0 saturated heterocycles. The van der Waals surface area contributed by atoms with E-state index in [2.05, 4.69) is 7.33 Å². The summed E-state index contributed by atoms with van der Waals surface area (Å²) in [6, 6.07) is 0. The Bertz CT molecular complexity index is 15.5. The van der Waals surface area contributed by atoms with Crippen LogP contribution in [0.25, 0.3) is 0 Å². The van der Waals surface area contributed by atoms with Crippen LogP contribution in [0.5, 0.6) is 0 Å². The Hall–Kier alpha value is 3.56. The van der Waals surface area contributed by atoms with Gasteiger partial charge in [0.15, 0.2) is 0 Å². The van der Waals surface area contributed by atoms with Gasteiger partial charge in [0.05, 0.1) is 0 Å². The zero-order valence-electron chi connectivity index (χ0n) is 2.79. The average Bonchev–Trinajstić information content (AvgIpc) is 1.00. The minimum absolute atomic E-state index is 0. The van der Waals surface area contributed by atoms with Crippen molar-refractivity contribution in [1.29, 1.82) is 0 Å². The van der Waals surface area contributed by atoms with Crippen molar-refractivity contribution < 1.29 is 72.0 Å². The summed E-state index contributed by atoms with van der Waals surface area (Å²) in [6.45, 7) is 0. The second-order valence-corrected chi connectivity index (χ2v) is 0. The van der Waals surface area contributed by atoms with Crippen LogP contribution in [0.3, 0.4) is 0 Å². The van der Waals surface area contributed by atoms with Crippen molar-refractivity contribution in [2.24, 2.45) is 0 Å². The summed E-state index contributed by atoms with van der Waals surface area (Å²) in [4.78, 5) is 0. The standard InChI is InChI=1S/Cu.Fe.Mo.H2P.Sb.V.3H/h;;;1H2;;;;;/q;;+1;-1;;;;;. The molecule has 2 radical (unpaired) electrons. The molecule has 6 heteroatoms. The first-order valence-corrected chi connectivity index (χ1v) is 4.18. The molecule has 0 bridgehead atoms. The Morgan fingerprint density at radius 1 is 1.17 bits per heavy atom. The number of hydrogen-bond donors (Lipinski definition) is 0. The second kappa shape index (κ2) is 38.6. The monoisotopic (exact) mass is 425 g/mol. The molecule has 0 N–H and O–H groups in total. The van der Waals surface area contributed by atoms with Gasteiger partial charge in [-0.2, -0.15) is 0 Å². The summed E-state index contributed by atoms with van der Waals surface area (Å²) in [6.07, 6.45) is 0. The van der Waals surface area contributed by atoms with E-state index in [-0.39, 0.29) is 77.1 Å². The van der Waals surface area contributed by atoms with E-state index < -0.39 is 0 Å². The molecule has 45 valence electrons. The minimum Gasteiger partial charge on any atom is 0 e. The first-order valence-electron chi connectivity index (χ1n) is 0.236. The third-order valence-electron chi connectivity index (χ3n) is 0. The van der Waals surface area contributed by atoms with Gasteiger partial charge in [0.2, 0.25) is 0 Å². The molecular formula is H5CuFeMoPSbV. The van der Waals surface area contributed by atoms with E-state index in [4.69, 9.17) is 0 Å². The van der Waals surface area contributed by atoms with Gasteiger partial charge in [-0.3, -0.25) is 0 Å². The predicted octanol–water partition coefficient (Wildman–Crippen LogP) is -0.868. The van der Waals surface area contributed by atoms with Gasteiger partial charge in [0.25, 0.3) is 0 Å². The molecule has 6 heavy (non-hydrogen) atoms. The van der Waals surface area contributed by atoms with Gasteiger partial charge in [-0.05, 0) is 0 Å². The van der Waals surface area contributed by atoms with E-state index in [1.807, 2.05) is 19.3 Å². The van der Waals surface area contributed by atoms with E-state index in [0.29, 0.717) is 0 Å². The van der Waals surface area contributed by atoms with Crippen LogP contribution in [0, 0.1) is 0 Å². The molecule has 0 fully saturated rings. The van der Waals surface area contributed by atoms with Crippen molar-refractivity contribution in [2.45, 2.75) is 0 Å². The average molecular weight is 424 g/mol. The van der Waals surface area contributed by atoms with Crippen LogP contribution in [-0.2, 0) is 72.0 Å². The molecule has 0 spiro atoms. The third kappa shape index (κ3) is 25.7. The Balaban J connectivity index is -0.000000000833. The van der Waals surface area contributed by atoms with Crippen LogP contribution in [0.1, 0.15) is 0 Å². The number of rotatable bonds is 0. The van der Waals surface area contributed by atoms with Crippen LogP contribution in [0.15, 0.2) is 0 Å². The maximum Gasteiger partial charge on any atom is 0 e. The summed E-state index contributed by atoms with van der Waals surface area (Å²) >= 11 is 1.87. The molecule has 1 atom stereocenters. The second-order valence-electron chi connectivity index (χ2n) is 0. The summed E-state index contributed by atoms with van der Waals surface area (Å²) < 4.78 is 0. The zero-order chi connectivity index (χ0) is 2.00. The molecule has 0 saturated carbocycles. The Labute approximate surface area is 102 Å². The van der Waals surface area contributed by atoms with E-state index in [1.165, 1.54) is 0 Å². The normalized spacial score (nSPS) is 0.833. The molecule has 0 aromatic carbocycles. The fourth-order valence-corrected chi connectivity index (χ4v) is 0. The molecule has 0 aliphatic rings. The fraction of sp³-hybridized carbons (Fsp3) is 0. The van der Waals surface area contributed by atoms with Crippen LogP contribution in [0.2, 0.25) is 0 Å². The molecule has 0 amide bonds. The van der Waals surface area contributed by atoms with Crippen molar-refractivity contribution in [1.82, 2.24) is 0 Å². The van der Waals surface area contributed by atoms with E-state index >= 15 is 0 Å².